The van der Waals surface area contributed by atoms with Crippen molar-refractivity contribution in [1.29, 1.82) is 0 Å². The molecule has 0 aliphatic heterocycles. The van der Waals surface area contributed by atoms with Crippen LogP contribution in [0.25, 0.3) is 0 Å². The first kappa shape index (κ1) is 14.2. The summed E-state index contributed by atoms with van der Waals surface area (Å²) in [5.41, 5.74) is 0.291. The van der Waals surface area contributed by atoms with Crippen LogP contribution in [-0.4, -0.2) is 20.3 Å². The fourth-order valence-corrected chi connectivity index (χ4v) is 2.89. The molecule has 92 valence electrons. The summed E-state index contributed by atoms with van der Waals surface area (Å²) in [5.74, 6) is 0. The molecule has 0 atom stereocenters. The normalized spacial score (nSPS) is 12.0. The largest absolute Gasteiger partial charge is 0.385 e. The number of hydrogen-bond donors (Lipinski definition) is 1. The summed E-state index contributed by atoms with van der Waals surface area (Å²) in [6.07, 6.45) is 1.09. The van der Waals surface area contributed by atoms with Crippen molar-refractivity contribution in [2.45, 2.75) is 26.8 Å². The lowest BCUT2D eigenvalue weighted by Gasteiger charge is -2.24. The minimum atomic E-state index is 0.291. The molecule has 0 spiro atoms. The molecule has 2 nitrogen and oxygen atoms in total. The molecule has 0 amide bonds. The molecule has 0 saturated heterocycles. The summed E-state index contributed by atoms with van der Waals surface area (Å²) in [5, 5.41) is 5.61. The van der Waals surface area contributed by atoms with Crippen molar-refractivity contribution >= 4 is 27.3 Å². The minimum Gasteiger partial charge on any atom is -0.385 e. The highest BCUT2D eigenvalue weighted by atomic mass is 79.9. The highest BCUT2D eigenvalue weighted by Gasteiger charge is 2.16. The van der Waals surface area contributed by atoms with Crippen LogP contribution >= 0.6 is 27.3 Å². The van der Waals surface area contributed by atoms with Crippen molar-refractivity contribution in [2.24, 2.45) is 5.41 Å². The fraction of sp³-hybridized carbons (Fsp3) is 0.667. The zero-order valence-electron chi connectivity index (χ0n) is 10.2. The zero-order valence-corrected chi connectivity index (χ0v) is 12.6. The van der Waals surface area contributed by atoms with Gasteiger partial charge in [-0.05, 0) is 39.2 Å². The Morgan fingerprint density at radius 2 is 2.25 bits per heavy atom. The number of ether oxygens (including phenoxy) is 1. The zero-order chi connectivity index (χ0) is 12.0. The summed E-state index contributed by atoms with van der Waals surface area (Å²) >= 11 is 5.32. The van der Waals surface area contributed by atoms with Gasteiger partial charge < -0.3 is 10.1 Å². The van der Waals surface area contributed by atoms with Crippen molar-refractivity contribution in [3.63, 3.8) is 0 Å². The number of methoxy groups -OCH3 is 1. The molecule has 1 heterocycles. The third-order valence-electron chi connectivity index (χ3n) is 2.56. The van der Waals surface area contributed by atoms with Gasteiger partial charge in [0.05, 0.1) is 0 Å². The molecule has 1 N–H and O–H groups in total. The van der Waals surface area contributed by atoms with Gasteiger partial charge in [-0.15, -0.1) is 11.3 Å². The molecule has 0 saturated carbocycles. The summed E-state index contributed by atoms with van der Waals surface area (Å²) in [4.78, 5) is 1.36. The van der Waals surface area contributed by atoms with Crippen LogP contribution in [0.15, 0.2) is 15.9 Å². The molecule has 1 aromatic heterocycles. The third-order valence-corrected chi connectivity index (χ3v) is 4.49. The van der Waals surface area contributed by atoms with Gasteiger partial charge in [-0.1, -0.05) is 13.8 Å². The minimum absolute atomic E-state index is 0.291. The Morgan fingerprint density at radius 3 is 2.81 bits per heavy atom. The molecular weight excluding hydrogens is 286 g/mol. The summed E-state index contributed by atoms with van der Waals surface area (Å²) in [7, 11) is 1.76. The van der Waals surface area contributed by atoms with E-state index in [0.717, 1.165) is 26.1 Å². The van der Waals surface area contributed by atoms with Crippen molar-refractivity contribution in [3.8, 4) is 0 Å². The molecule has 16 heavy (non-hydrogen) atoms. The Balaban J connectivity index is 2.27. The first-order chi connectivity index (χ1) is 7.55. The van der Waals surface area contributed by atoms with E-state index in [1.165, 1.54) is 9.35 Å². The third kappa shape index (κ3) is 4.95. The molecule has 1 rings (SSSR count). The van der Waals surface area contributed by atoms with Crippen molar-refractivity contribution in [3.05, 3.63) is 20.8 Å². The van der Waals surface area contributed by atoms with E-state index in [1.807, 2.05) is 0 Å². The van der Waals surface area contributed by atoms with Crippen LogP contribution in [0, 0.1) is 5.41 Å². The topological polar surface area (TPSA) is 21.3 Å². The first-order valence-electron chi connectivity index (χ1n) is 5.47. The Labute approximate surface area is 111 Å². The van der Waals surface area contributed by atoms with Gasteiger partial charge in [-0.25, -0.2) is 0 Å². The van der Waals surface area contributed by atoms with Crippen molar-refractivity contribution in [1.82, 2.24) is 5.32 Å². The lowest BCUT2D eigenvalue weighted by Crippen LogP contribution is -2.29. The highest BCUT2D eigenvalue weighted by molar-refractivity contribution is 9.10. The number of nitrogens with one attached hydrogen (secondary N) is 1. The van der Waals surface area contributed by atoms with Gasteiger partial charge in [0.15, 0.2) is 0 Å². The molecule has 1 aromatic rings. The van der Waals surface area contributed by atoms with Crippen LogP contribution in [0.3, 0.4) is 0 Å². The van der Waals surface area contributed by atoms with Gasteiger partial charge >= 0.3 is 0 Å². The Morgan fingerprint density at radius 1 is 1.50 bits per heavy atom. The Bertz CT molecular complexity index is 312. The monoisotopic (exact) mass is 305 g/mol. The molecule has 0 fully saturated rings. The Kier molecular flexibility index (Phi) is 5.97. The summed E-state index contributed by atoms with van der Waals surface area (Å²) in [6, 6.07) is 2.09. The lowest BCUT2D eigenvalue weighted by molar-refractivity contribution is 0.150. The van der Waals surface area contributed by atoms with Gasteiger partial charge in [0.1, 0.15) is 0 Å². The molecular formula is C12H20BrNOS. The van der Waals surface area contributed by atoms with E-state index in [4.69, 9.17) is 4.74 Å². The van der Waals surface area contributed by atoms with Crippen LogP contribution in [0.2, 0.25) is 0 Å². The van der Waals surface area contributed by atoms with Gasteiger partial charge in [-0.3, -0.25) is 0 Å². The quantitative estimate of drug-likeness (QED) is 0.830. The van der Waals surface area contributed by atoms with Gasteiger partial charge in [0.25, 0.3) is 0 Å². The molecule has 0 bridgehead atoms. The maximum absolute atomic E-state index is 5.12. The molecule has 4 heteroatoms. The highest BCUT2D eigenvalue weighted by Crippen LogP contribution is 2.23. The number of rotatable bonds is 7. The van der Waals surface area contributed by atoms with E-state index < -0.39 is 0 Å². The fourth-order valence-electron chi connectivity index (χ4n) is 1.43. The average Bonchev–Trinajstić information content (AvgIpc) is 2.62. The lowest BCUT2D eigenvalue weighted by atomic mass is 9.90. The number of halogens is 1. The van der Waals surface area contributed by atoms with Crippen molar-refractivity contribution in [2.75, 3.05) is 20.3 Å². The van der Waals surface area contributed by atoms with E-state index in [9.17, 15) is 0 Å². The van der Waals surface area contributed by atoms with Gasteiger partial charge in [0.2, 0.25) is 0 Å². The van der Waals surface area contributed by atoms with E-state index in [-0.39, 0.29) is 0 Å². The van der Waals surface area contributed by atoms with E-state index in [1.54, 1.807) is 18.4 Å². The smallest absolute Gasteiger partial charge is 0.0467 e. The molecule has 0 unspecified atom stereocenters. The second kappa shape index (κ2) is 6.74. The summed E-state index contributed by atoms with van der Waals surface area (Å²) in [6.45, 7) is 7.32. The van der Waals surface area contributed by atoms with Crippen LogP contribution in [0.4, 0.5) is 0 Å². The maximum Gasteiger partial charge on any atom is 0.0467 e. The summed E-state index contributed by atoms with van der Waals surface area (Å²) < 4.78 is 6.32. The van der Waals surface area contributed by atoms with E-state index in [2.05, 4.69) is 46.5 Å². The molecule has 0 radical (unpaired) electrons. The molecule has 0 aromatic carbocycles. The van der Waals surface area contributed by atoms with Gasteiger partial charge in [-0.2, -0.15) is 0 Å². The number of hydrogen-bond acceptors (Lipinski definition) is 3. The standard InChI is InChI=1S/C12H20BrNOS/c1-12(2,5-6-15-3)9-14-8-11-10(13)4-7-16-11/h4,7,14H,5-6,8-9H2,1-3H3. The van der Waals surface area contributed by atoms with E-state index in [0.29, 0.717) is 5.41 Å². The molecule has 0 aliphatic rings. The SMILES string of the molecule is COCCC(C)(C)CNCc1sccc1Br. The van der Waals surface area contributed by atoms with Crippen LogP contribution in [-0.2, 0) is 11.3 Å². The van der Waals surface area contributed by atoms with E-state index >= 15 is 0 Å². The van der Waals surface area contributed by atoms with Crippen LogP contribution in [0.1, 0.15) is 25.1 Å². The Hall–Kier alpha value is 0.100. The second-order valence-electron chi connectivity index (χ2n) is 4.70. The average molecular weight is 306 g/mol. The second-order valence-corrected chi connectivity index (χ2v) is 6.56. The predicted molar refractivity (Wildman–Crippen MR) is 74.0 cm³/mol. The van der Waals surface area contributed by atoms with Crippen LogP contribution in [0.5, 0.6) is 0 Å². The maximum atomic E-state index is 5.12. The van der Waals surface area contributed by atoms with Crippen LogP contribution < -0.4 is 5.32 Å². The molecule has 0 aliphatic carbocycles. The predicted octanol–water partition coefficient (Wildman–Crippen LogP) is 3.66. The van der Waals surface area contributed by atoms with Gasteiger partial charge in [0, 0.05) is 36.2 Å². The first-order valence-corrected chi connectivity index (χ1v) is 7.14. The number of thiophene rings is 1. The van der Waals surface area contributed by atoms with Crippen molar-refractivity contribution < 1.29 is 4.74 Å².